The molecule has 0 saturated carbocycles. The second kappa shape index (κ2) is 6.93. The summed E-state index contributed by atoms with van der Waals surface area (Å²) < 4.78 is 1.74. The van der Waals surface area contributed by atoms with Gasteiger partial charge in [-0.1, -0.05) is 0 Å². The molecule has 0 atom stereocenters. The number of urea groups is 1. The van der Waals surface area contributed by atoms with Crippen LogP contribution in [0, 0.1) is 0 Å². The molecule has 112 valence electrons. The Balaban J connectivity index is 2.67. The molecule has 0 unspecified atom stereocenters. The molecule has 1 rings (SSSR count). The van der Waals surface area contributed by atoms with Gasteiger partial charge in [0.05, 0.1) is 18.3 Å². The average molecular weight is 282 g/mol. The predicted molar refractivity (Wildman–Crippen MR) is 75.7 cm³/mol. The van der Waals surface area contributed by atoms with Crippen molar-refractivity contribution in [1.82, 2.24) is 14.7 Å². The number of nitrogens with one attached hydrogen (secondary N) is 1. The van der Waals surface area contributed by atoms with Gasteiger partial charge in [0.2, 0.25) is 0 Å². The van der Waals surface area contributed by atoms with E-state index in [-0.39, 0.29) is 31.1 Å². The van der Waals surface area contributed by atoms with Crippen LogP contribution in [0.3, 0.4) is 0 Å². The number of nitrogens with zero attached hydrogens (tertiary/aromatic N) is 3. The van der Waals surface area contributed by atoms with Gasteiger partial charge in [-0.3, -0.25) is 9.48 Å². The topological polar surface area (TPSA) is 87.5 Å². The molecule has 0 aliphatic heterocycles. The molecule has 20 heavy (non-hydrogen) atoms. The van der Waals surface area contributed by atoms with Crippen molar-refractivity contribution < 1.29 is 14.7 Å². The van der Waals surface area contributed by atoms with Crippen molar-refractivity contribution in [2.75, 3.05) is 11.9 Å². The highest BCUT2D eigenvalue weighted by Gasteiger charge is 2.18. The number of aromatic nitrogens is 2. The zero-order valence-electron chi connectivity index (χ0n) is 12.3. The van der Waals surface area contributed by atoms with Crippen LogP contribution in [0.1, 0.15) is 40.2 Å². The quantitative estimate of drug-likeness (QED) is 0.837. The number of carboxylic acids is 1. The first-order valence-electron chi connectivity index (χ1n) is 6.64. The molecule has 2 amide bonds. The number of hydrogen-bond donors (Lipinski definition) is 2. The summed E-state index contributed by atoms with van der Waals surface area (Å²) >= 11 is 0. The van der Waals surface area contributed by atoms with Crippen LogP contribution >= 0.6 is 0 Å². The Morgan fingerprint density at radius 3 is 2.50 bits per heavy atom. The lowest BCUT2D eigenvalue weighted by atomic mass is 10.3. The largest absolute Gasteiger partial charge is 0.481 e. The SMILES string of the molecule is CC(C)N(CCC(=O)O)C(=O)Nc1cnn(C(C)C)c1. The van der Waals surface area contributed by atoms with E-state index < -0.39 is 5.97 Å². The number of amides is 2. The lowest BCUT2D eigenvalue weighted by Gasteiger charge is -2.26. The fourth-order valence-electron chi connectivity index (χ4n) is 1.69. The smallest absolute Gasteiger partial charge is 0.322 e. The first-order chi connectivity index (χ1) is 9.31. The Morgan fingerprint density at radius 2 is 2.05 bits per heavy atom. The summed E-state index contributed by atoms with van der Waals surface area (Å²) in [5.74, 6) is -0.920. The molecular formula is C13H22N4O3. The summed E-state index contributed by atoms with van der Waals surface area (Å²) in [7, 11) is 0. The standard InChI is InChI=1S/C13H22N4O3/c1-9(2)16(6-5-12(18)19)13(20)15-11-7-14-17(8-11)10(3)4/h7-10H,5-6H2,1-4H3,(H,15,20)(H,18,19). The highest BCUT2D eigenvalue weighted by Crippen LogP contribution is 2.12. The van der Waals surface area contributed by atoms with E-state index in [2.05, 4.69) is 10.4 Å². The van der Waals surface area contributed by atoms with Crippen molar-refractivity contribution in [2.45, 2.75) is 46.2 Å². The molecule has 0 spiro atoms. The maximum absolute atomic E-state index is 12.1. The van der Waals surface area contributed by atoms with Crippen molar-refractivity contribution in [1.29, 1.82) is 0 Å². The van der Waals surface area contributed by atoms with Crippen LogP contribution in [0.25, 0.3) is 0 Å². The summed E-state index contributed by atoms with van der Waals surface area (Å²) in [6.07, 6.45) is 3.25. The van der Waals surface area contributed by atoms with E-state index in [1.807, 2.05) is 27.7 Å². The van der Waals surface area contributed by atoms with Crippen LogP contribution in [-0.2, 0) is 4.79 Å². The van der Waals surface area contributed by atoms with E-state index in [1.54, 1.807) is 17.1 Å². The van der Waals surface area contributed by atoms with Crippen LogP contribution in [0.15, 0.2) is 12.4 Å². The van der Waals surface area contributed by atoms with Crippen LogP contribution < -0.4 is 5.32 Å². The molecule has 0 radical (unpaired) electrons. The van der Waals surface area contributed by atoms with Gasteiger partial charge in [-0.05, 0) is 27.7 Å². The lowest BCUT2D eigenvalue weighted by molar-refractivity contribution is -0.137. The van der Waals surface area contributed by atoms with Crippen molar-refractivity contribution in [3.8, 4) is 0 Å². The second-order valence-electron chi connectivity index (χ2n) is 5.16. The van der Waals surface area contributed by atoms with Crippen molar-refractivity contribution in [2.24, 2.45) is 0 Å². The molecule has 1 aromatic heterocycles. The maximum atomic E-state index is 12.1. The van der Waals surface area contributed by atoms with Gasteiger partial charge in [0, 0.05) is 24.8 Å². The Labute approximate surface area is 118 Å². The fourth-order valence-corrected chi connectivity index (χ4v) is 1.69. The maximum Gasteiger partial charge on any atom is 0.322 e. The lowest BCUT2D eigenvalue weighted by Crippen LogP contribution is -2.41. The first kappa shape index (κ1) is 16.0. The minimum atomic E-state index is -0.920. The van der Waals surface area contributed by atoms with Gasteiger partial charge < -0.3 is 15.3 Å². The number of rotatable bonds is 6. The molecule has 0 bridgehead atoms. The van der Waals surface area contributed by atoms with Crippen LogP contribution in [0.2, 0.25) is 0 Å². The predicted octanol–water partition coefficient (Wildman–Crippen LogP) is 2.18. The van der Waals surface area contributed by atoms with E-state index >= 15 is 0 Å². The zero-order chi connectivity index (χ0) is 15.3. The van der Waals surface area contributed by atoms with E-state index in [9.17, 15) is 9.59 Å². The van der Waals surface area contributed by atoms with E-state index in [0.717, 1.165) is 0 Å². The van der Waals surface area contributed by atoms with Crippen LogP contribution in [0.5, 0.6) is 0 Å². The third-order valence-corrected chi connectivity index (χ3v) is 2.83. The van der Waals surface area contributed by atoms with Gasteiger partial charge in [-0.15, -0.1) is 0 Å². The average Bonchev–Trinajstić information content (AvgIpc) is 2.76. The minimum Gasteiger partial charge on any atom is -0.481 e. The summed E-state index contributed by atoms with van der Waals surface area (Å²) in [5.41, 5.74) is 0.602. The first-order valence-corrected chi connectivity index (χ1v) is 6.64. The normalized spacial score (nSPS) is 10.9. The highest BCUT2D eigenvalue weighted by atomic mass is 16.4. The van der Waals surface area contributed by atoms with Crippen molar-refractivity contribution >= 4 is 17.7 Å². The summed E-state index contributed by atoms with van der Waals surface area (Å²) in [6.45, 7) is 7.85. The van der Waals surface area contributed by atoms with Gasteiger partial charge in [-0.2, -0.15) is 5.10 Å². The van der Waals surface area contributed by atoms with E-state index in [4.69, 9.17) is 5.11 Å². The molecule has 0 aliphatic rings. The van der Waals surface area contributed by atoms with Gasteiger partial charge >= 0.3 is 12.0 Å². The number of carboxylic acid groups (broad SMARTS) is 1. The minimum absolute atomic E-state index is 0.0726. The molecule has 1 heterocycles. The molecule has 0 aliphatic carbocycles. The van der Waals surface area contributed by atoms with Crippen molar-refractivity contribution in [3.05, 3.63) is 12.4 Å². The number of carbonyl (C=O) groups excluding carboxylic acids is 1. The van der Waals surface area contributed by atoms with Gasteiger partial charge in [-0.25, -0.2) is 4.79 Å². The Morgan fingerprint density at radius 1 is 1.40 bits per heavy atom. The Hall–Kier alpha value is -2.05. The molecular weight excluding hydrogens is 260 g/mol. The third kappa shape index (κ3) is 4.56. The molecule has 7 nitrogen and oxygen atoms in total. The van der Waals surface area contributed by atoms with Crippen LogP contribution in [0.4, 0.5) is 10.5 Å². The molecule has 0 aromatic carbocycles. The van der Waals surface area contributed by atoms with Gasteiger partial charge in [0.25, 0.3) is 0 Å². The number of hydrogen-bond acceptors (Lipinski definition) is 3. The summed E-state index contributed by atoms with van der Waals surface area (Å²) in [4.78, 5) is 24.2. The molecule has 2 N–H and O–H groups in total. The number of carbonyl (C=O) groups is 2. The summed E-state index contributed by atoms with van der Waals surface area (Å²) in [6, 6.07) is -0.173. The van der Waals surface area contributed by atoms with Gasteiger partial charge in [0.1, 0.15) is 0 Å². The fraction of sp³-hybridized carbons (Fsp3) is 0.615. The molecule has 0 fully saturated rings. The zero-order valence-corrected chi connectivity index (χ0v) is 12.3. The molecule has 1 aromatic rings. The van der Waals surface area contributed by atoms with Gasteiger partial charge in [0.15, 0.2) is 0 Å². The number of anilines is 1. The third-order valence-electron chi connectivity index (χ3n) is 2.83. The Bertz CT molecular complexity index is 468. The Kier molecular flexibility index (Phi) is 5.54. The summed E-state index contributed by atoms with van der Waals surface area (Å²) in [5, 5.41) is 15.6. The highest BCUT2D eigenvalue weighted by molar-refractivity contribution is 5.89. The second-order valence-corrected chi connectivity index (χ2v) is 5.16. The van der Waals surface area contributed by atoms with E-state index in [1.165, 1.54) is 4.90 Å². The van der Waals surface area contributed by atoms with Crippen LogP contribution in [-0.4, -0.2) is 44.4 Å². The number of aliphatic carboxylic acids is 1. The molecule has 0 saturated heterocycles. The van der Waals surface area contributed by atoms with E-state index in [0.29, 0.717) is 5.69 Å². The van der Waals surface area contributed by atoms with Crippen molar-refractivity contribution in [3.63, 3.8) is 0 Å². The molecule has 7 heteroatoms. The monoisotopic (exact) mass is 282 g/mol.